The standard InChI is InChI=1S/C34H26FN3O5S2/c1-20-4-2-5-22(16-20)18-43-27-14-10-23(11-15-27)30(40)28-29(24-6-3-7-26(39)17-24)38(32(42)31(28)41)33-36-37-34(45-33)44-19-21-8-12-25(35)13-9-21/h2-17,29,39-40H,18-19H2,1H3. The van der Waals surface area contributed by atoms with E-state index in [4.69, 9.17) is 4.74 Å². The van der Waals surface area contributed by atoms with Crippen molar-refractivity contribution in [3.63, 3.8) is 0 Å². The molecule has 5 aromatic rings. The number of aromatic nitrogens is 2. The molecule has 1 unspecified atom stereocenters. The maximum atomic E-state index is 13.5. The number of anilines is 1. The van der Waals surface area contributed by atoms with Crippen LogP contribution in [0.15, 0.2) is 107 Å². The molecule has 2 N–H and O–H groups in total. The highest BCUT2D eigenvalue weighted by Gasteiger charge is 2.48. The van der Waals surface area contributed by atoms with E-state index in [1.807, 2.05) is 31.2 Å². The fourth-order valence-electron chi connectivity index (χ4n) is 4.96. The molecule has 0 aliphatic carbocycles. The third-order valence-electron chi connectivity index (χ3n) is 7.12. The minimum atomic E-state index is -1.07. The van der Waals surface area contributed by atoms with Gasteiger partial charge in [-0.15, -0.1) is 10.2 Å². The summed E-state index contributed by atoms with van der Waals surface area (Å²) in [6.07, 6.45) is 0. The van der Waals surface area contributed by atoms with Gasteiger partial charge >= 0.3 is 5.91 Å². The maximum Gasteiger partial charge on any atom is 0.301 e. The molecule has 1 amide bonds. The van der Waals surface area contributed by atoms with Crippen LogP contribution in [0.1, 0.15) is 33.9 Å². The van der Waals surface area contributed by atoms with E-state index in [-0.39, 0.29) is 28.0 Å². The number of aliphatic hydroxyl groups excluding tert-OH is 1. The number of aromatic hydroxyl groups is 1. The van der Waals surface area contributed by atoms with Gasteiger partial charge in [0.1, 0.15) is 29.7 Å². The lowest BCUT2D eigenvalue weighted by Crippen LogP contribution is -2.29. The zero-order valence-electron chi connectivity index (χ0n) is 23.9. The SMILES string of the molecule is Cc1cccc(COc2ccc(C(O)=C3C(=O)C(=O)N(c4nnc(SCc5ccc(F)cc5)s4)C3c3cccc(O)c3)cc2)c1. The van der Waals surface area contributed by atoms with E-state index in [2.05, 4.69) is 10.2 Å². The number of ketones is 1. The molecule has 1 saturated heterocycles. The number of amides is 1. The first-order valence-electron chi connectivity index (χ1n) is 13.9. The minimum absolute atomic E-state index is 0.0685. The third-order valence-corrected chi connectivity index (χ3v) is 9.25. The summed E-state index contributed by atoms with van der Waals surface area (Å²) in [6.45, 7) is 2.37. The first-order chi connectivity index (χ1) is 21.8. The summed E-state index contributed by atoms with van der Waals surface area (Å²) in [5.74, 6) is -1.48. The summed E-state index contributed by atoms with van der Waals surface area (Å²) in [6, 6.07) is 25.7. The Hall–Kier alpha value is -5.00. The number of carbonyl (C=O) groups excluding carboxylic acids is 2. The molecular weight excluding hydrogens is 614 g/mol. The molecule has 226 valence electrons. The number of benzene rings is 4. The number of phenols is 1. The van der Waals surface area contributed by atoms with Crippen molar-refractivity contribution in [2.75, 3.05) is 4.90 Å². The number of hydrogen-bond donors (Lipinski definition) is 2. The van der Waals surface area contributed by atoms with Crippen molar-refractivity contribution >= 4 is 45.7 Å². The largest absolute Gasteiger partial charge is 0.508 e. The second kappa shape index (κ2) is 12.9. The van der Waals surface area contributed by atoms with Crippen LogP contribution in [0.2, 0.25) is 0 Å². The number of aliphatic hydroxyl groups is 1. The van der Waals surface area contributed by atoms with Crippen LogP contribution in [0.4, 0.5) is 9.52 Å². The summed E-state index contributed by atoms with van der Waals surface area (Å²) < 4.78 is 19.7. The quantitative estimate of drug-likeness (QED) is 0.0573. The van der Waals surface area contributed by atoms with Gasteiger partial charge in [0.05, 0.1) is 11.6 Å². The first kappa shape index (κ1) is 30.0. The van der Waals surface area contributed by atoms with Crippen molar-refractivity contribution in [1.29, 1.82) is 0 Å². The third kappa shape index (κ3) is 6.59. The van der Waals surface area contributed by atoms with E-state index >= 15 is 0 Å². The van der Waals surface area contributed by atoms with E-state index < -0.39 is 17.7 Å². The van der Waals surface area contributed by atoms with E-state index in [1.165, 1.54) is 40.9 Å². The number of phenolic OH excluding ortho intramolecular Hbond substituents is 1. The molecule has 0 saturated carbocycles. The zero-order valence-corrected chi connectivity index (χ0v) is 25.5. The van der Waals surface area contributed by atoms with Gasteiger partial charge in [-0.1, -0.05) is 77.2 Å². The summed E-state index contributed by atoms with van der Waals surface area (Å²) >= 11 is 2.47. The lowest BCUT2D eigenvalue weighted by Gasteiger charge is -2.22. The van der Waals surface area contributed by atoms with E-state index in [9.17, 15) is 24.2 Å². The van der Waals surface area contributed by atoms with Crippen LogP contribution in [-0.4, -0.2) is 32.1 Å². The van der Waals surface area contributed by atoms with Crippen LogP contribution in [0.3, 0.4) is 0 Å². The number of Topliss-reactive ketones (excluding diaryl/α,β-unsaturated/α-hetero) is 1. The Morgan fingerprint density at radius 3 is 2.44 bits per heavy atom. The number of aryl methyl sites for hydroxylation is 1. The van der Waals surface area contributed by atoms with Crippen molar-refractivity contribution in [2.24, 2.45) is 0 Å². The topological polar surface area (TPSA) is 113 Å². The summed E-state index contributed by atoms with van der Waals surface area (Å²) in [5, 5.41) is 30.2. The normalized spacial score (nSPS) is 15.9. The molecule has 0 bridgehead atoms. The summed E-state index contributed by atoms with van der Waals surface area (Å²) in [7, 11) is 0. The molecule has 4 aromatic carbocycles. The number of thioether (sulfide) groups is 1. The highest BCUT2D eigenvalue weighted by molar-refractivity contribution is 8.00. The molecule has 8 nitrogen and oxygen atoms in total. The smallest absolute Gasteiger partial charge is 0.301 e. The average molecular weight is 640 g/mol. The average Bonchev–Trinajstić information content (AvgIpc) is 3.61. The van der Waals surface area contributed by atoms with E-state index in [1.54, 1.807) is 48.5 Å². The van der Waals surface area contributed by atoms with E-state index in [0.29, 0.717) is 33.6 Å². The van der Waals surface area contributed by atoms with Gasteiger partial charge in [-0.25, -0.2) is 4.39 Å². The molecule has 6 rings (SSSR count). The molecule has 1 aliphatic rings. The Balaban J connectivity index is 1.29. The lowest BCUT2D eigenvalue weighted by molar-refractivity contribution is -0.132. The number of halogens is 1. The monoisotopic (exact) mass is 639 g/mol. The van der Waals surface area contributed by atoms with Gasteiger partial charge in [0.2, 0.25) is 5.13 Å². The van der Waals surface area contributed by atoms with Crippen LogP contribution in [-0.2, 0) is 21.9 Å². The fourth-order valence-corrected chi connectivity index (χ4v) is 6.78. The fraction of sp³-hybridized carbons (Fsp3) is 0.118. The number of nitrogens with zero attached hydrogens (tertiary/aromatic N) is 3. The van der Waals surface area contributed by atoms with Gasteiger partial charge in [-0.3, -0.25) is 14.5 Å². The van der Waals surface area contributed by atoms with Gasteiger partial charge < -0.3 is 14.9 Å². The molecule has 0 radical (unpaired) electrons. The lowest BCUT2D eigenvalue weighted by atomic mass is 9.95. The van der Waals surface area contributed by atoms with Gasteiger partial charge in [0, 0.05) is 11.3 Å². The van der Waals surface area contributed by atoms with E-state index in [0.717, 1.165) is 28.0 Å². The molecule has 1 fully saturated rings. The molecule has 1 aliphatic heterocycles. The Kier molecular flexibility index (Phi) is 8.63. The number of carbonyl (C=O) groups is 2. The highest BCUT2D eigenvalue weighted by atomic mass is 32.2. The molecule has 2 heterocycles. The van der Waals surface area contributed by atoms with Crippen molar-refractivity contribution in [3.05, 3.63) is 136 Å². The van der Waals surface area contributed by atoms with Crippen LogP contribution in [0.5, 0.6) is 11.5 Å². The number of hydrogen-bond acceptors (Lipinski definition) is 9. The van der Waals surface area contributed by atoms with Crippen molar-refractivity contribution in [2.45, 2.75) is 29.7 Å². The van der Waals surface area contributed by atoms with Crippen molar-refractivity contribution < 1.29 is 28.9 Å². The molecule has 1 atom stereocenters. The Bertz CT molecular complexity index is 1910. The van der Waals surface area contributed by atoms with Crippen LogP contribution < -0.4 is 9.64 Å². The highest BCUT2D eigenvalue weighted by Crippen LogP contribution is 2.44. The first-order valence-corrected chi connectivity index (χ1v) is 15.7. The Labute approximate surface area is 266 Å². The number of rotatable bonds is 9. The van der Waals surface area contributed by atoms with Gasteiger partial charge in [-0.05, 0) is 72.1 Å². The van der Waals surface area contributed by atoms with Gasteiger partial charge in [-0.2, -0.15) is 0 Å². The van der Waals surface area contributed by atoms with Gasteiger partial charge in [0.15, 0.2) is 4.34 Å². The molecular formula is C34H26FN3O5S2. The van der Waals surface area contributed by atoms with Gasteiger partial charge in [0.25, 0.3) is 5.78 Å². The van der Waals surface area contributed by atoms with Crippen LogP contribution in [0, 0.1) is 12.7 Å². The Morgan fingerprint density at radius 2 is 1.71 bits per heavy atom. The second-order valence-corrected chi connectivity index (χ2v) is 12.5. The summed E-state index contributed by atoms with van der Waals surface area (Å²) in [4.78, 5) is 28.2. The van der Waals surface area contributed by atoms with Crippen molar-refractivity contribution in [1.82, 2.24) is 10.2 Å². The second-order valence-electron chi connectivity index (χ2n) is 10.3. The Morgan fingerprint density at radius 1 is 0.956 bits per heavy atom. The van der Waals surface area contributed by atoms with Crippen LogP contribution in [0.25, 0.3) is 5.76 Å². The molecule has 0 spiro atoms. The molecule has 45 heavy (non-hydrogen) atoms. The van der Waals surface area contributed by atoms with Crippen molar-refractivity contribution in [3.8, 4) is 11.5 Å². The predicted octanol–water partition coefficient (Wildman–Crippen LogP) is 7.19. The number of ether oxygens (including phenoxy) is 1. The minimum Gasteiger partial charge on any atom is -0.508 e. The molecule has 1 aromatic heterocycles. The predicted molar refractivity (Wildman–Crippen MR) is 171 cm³/mol. The van der Waals surface area contributed by atoms with Crippen LogP contribution >= 0.6 is 23.1 Å². The zero-order chi connectivity index (χ0) is 31.5. The summed E-state index contributed by atoms with van der Waals surface area (Å²) in [5.41, 5.74) is 3.60. The molecule has 11 heteroatoms. The maximum absolute atomic E-state index is 13.5.